The number of carbonyl (C=O) groups excluding carboxylic acids is 1. The number of amides is 1. The fourth-order valence-corrected chi connectivity index (χ4v) is 6.65. The molecular formula is C33H42N4O3. The Morgan fingerprint density at radius 1 is 1.00 bits per heavy atom. The third kappa shape index (κ3) is 5.95. The number of hydrogen-bond donors (Lipinski definition) is 1. The van der Waals surface area contributed by atoms with E-state index in [-0.39, 0.29) is 17.9 Å². The van der Waals surface area contributed by atoms with Crippen LogP contribution in [0, 0.1) is 18.8 Å². The lowest BCUT2D eigenvalue weighted by molar-refractivity contribution is -0.124. The lowest BCUT2D eigenvalue weighted by atomic mass is 9.79. The van der Waals surface area contributed by atoms with E-state index >= 15 is 0 Å². The Balaban J connectivity index is 1.19. The Morgan fingerprint density at radius 3 is 2.48 bits per heavy atom. The molecule has 2 heterocycles. The number of aromatic nitrogens is 3. The van der Waals surface area contributed by atoms with Gasteiger partial charge >= 0.3 is 0 Å². The summed E-state index contributed by atoms with van der Waals surface area (Å²) in [6, 6.07) is 11.2. The SMILES string of the molecule is COc1cnc([C@H]2CC[C@H](CN(c3cccc(-c4cnn(C5CC5)c4)c3)C(=O)[C@H]3CC[C@H](O)CC3)CC2)cc1C. The number of pyridine rings is 1. The Kier molecular flexibility index (Phi) is 7.92. The first-order valence-corrected chi connectivity index (χ1v) is 15.1. The van der Waals surface area contributed by atoms with Crippen molar-refractivity contribution in [3.63, 3.8) is 0 Å². The predicted molar refractivity (Wildman–Crippen MR) is 156 cm³/mol. The van der Waals surface area contributed by atoms with Crippen molar-refractivity contribution in [2.45, 2.75) is 89.2 Å². The molecule has 3 saturated carbocycles. The fraction of sp³-hybridized carbons (Fsp3) is 0.545. The van der Waals surface area contributed by atoms with Crippen LogP contribution < -0.4 is 9.64 Å². The molecule has 0 unspecified atom stereocenters. The summed E-state index contributed by atoms with van der Waals surface area (Å²) in [6.45, 7) is 2.82. The quantitative estimate of drug-likeness (QED) is 0.354. The molecule has 3 aliphatic rings. The summed E-state index contributed by atoms with van der Waals surface area (Å²) in [5.41, 5.74) is 5.47. The maximum absolute atomic E-state index is 14.0. The van der Waals surface area contributed by atoms with Crippen molar-refractivity contribution in [3.05, 3.63) is 60.2 Å². The topological polar surface area (TPSA) is 80.5 Å². The molecule has 1 aromatic carbocycles. The molecule has 1 amide bonds. The first kappa shape index (κ1) is 27.0. The molecule has 2 aromatic heterocycles. The van der Waals surface area contributed by atoms with Gasteiger partial charge in [0.2, 0.25) is 5.91 Å². The standard InChI is InChI=1S/C33H42N4O3/c1-22-16-31(34-19-32(22)40-2)24-8-6-23(7-9-24)20-36(33(39)25-10-14-30(38)15-11-25)29-5-3-4-26(17-29)27-18-35-37(21-27)28-12-13-28/h3-5,16-19,21,23-25,28,30,38H,6-15,20H2,1-2H3/t23-,24-,25-,30-. The molecule has 6 rings (SSSR count). The summed E-state index contributed by atoms with van der Waals surface area (Å²) in [5, 5.41) is 14.6. The van der Waals surface area contributed by atoms with E-state index in [0.717, 1.165) is 78.9 Å². The van der Waals surface area contributed by atoms with Crippen LogP contribution in [0.3, 0.4) is 0 Å². The number of carbonyl (C=O) groups is 1. The lowest BCUT2D eigenvalue weighted by Gasteiger charge is -2.35. The second-order valence-electron chi connectivity index (χ2n) is 12.2. The molecule has 0 saturated heterocycles. The van der Waals surface area contributed by atoms with Crippen molar-refractivity contribution in [2.24, 2.45) is 11.8 Å². The third-order valence-electron chi connectivity index (χ3n) is 9.34. The molecule has 0 radical (unpaired) electrons. The van der Waals surface area contributed by atoms with Gasteiger partial charge in [-0.05, 0) is 106 Å². The average molecular weight is 543 g/mol. The van der Waals surface area contributed by atoms with Gasteiger partial charge in [0.05, 0.1) is 31.6 Å². The largest absolute Gasteiger partial charge is 0.495 e. The van der Waals surface area contributed by atoms with Gasteiger partial charge in [-0.2, -0.15) is 5.10 Å². The van der Waals surface area contributed by atoms with Crippen molar-refractivity contribution in [2.75, 3.05) is 18.6 Å². The van der Waals surface area contributed by atoms with E-state index in [1.54, 1.807) is 7.11 Å². The number of aliphatic hydroxyl groups is 1. The van der Waals surface area contributed by atoms with Gasteiger partial charge < -0.3 is 14.7 Å². The van der Waals surface area contributed by atoms with Crippen molar-refractivity contribution < 1.29 is 14.6 Å². The minimum absolute atomic E-state index is 0.0208. The van der Waals surface area contributed by atoms with Gasteiger partial charge in [-0.25, -0.2) is 0 Å². The van der Waals surface area contributed by atoms with Gasteiger partial charge in [0.15, 0.2) is 0 Å². The fourth-order valence-electron chi connectivity index (χ4n) is 6.65. The van der Waals surface area contributed by atoms with Gasteiger partial charge in [-0.15, -0.1) is 0 Å². The normalized spacial score (nSPS) is 25.0. The molecule has 212 valence electrons. The summed E-state index contributed by atoms with van der Waals surface area (Å²) in [4.78, 5) is 20.8. The number of aryl methyl sites for hydroxylation is 1. The molecule has 7 nitrogen and oxygen atoms in total. The second-order valence-corrected chi connectivity index (χ2v) is 12.2. The van der Waals surface area contributed by atoms with Crippen LogP contribution >= 0.6 is 0 Å². The Labute approximate surface area is 237 Å². The van der Waals surface area contributed by atoms with Crippen LogP contribution in [0.25, 0.3) is 11.1 Å². The minimum Gasteiger partial charge on any atom is -0.495 e. The molecule has 40 heavy (non-hydrogen) atoms. The number of rotatable bonds is 8. The number of methoxy groups -OCH3 is 1. The average Bonchev–Trinajstić information content (AvgIpc) is 3.72. The van der Waals surface area contributed by atoms with Crippen molar-refractivity contribution in [1.29, 1.82) is 0 Å². The molecular weight excluding hydrogens is 500 g/mol. The van der Waals surface area contributed by atoms with Gasteiger partial charge in [-0.1, -0.05) is 12.1 Å². The zero-order valence-corrected chi connectivity index (χ0v) is 23.8. The van der Waals surface area contributed by atoms with E-state index in [1.807, 2.05) is 12.4 Å². The Bertz CT molecular complexity index is 1320. The van der Waals surface area contributed by atoms with Gasteiger partial charge in [-0.3, -0.25) is 14.5 Å². The van der Waals surface area contributed by atoms with Crippen molar-refractivity contribution >= 4 is 11.6 Å². The highest BCUT2D eigenvalue weighted by atomic mass is 16.5. The maximum Gasteiger partial charge on any atom is 0.230 e. The predicted octanol–water partition coefficient (Wildman–Crippen LogP) is 6.46. The first-order chi connectivity index (χ1) is 19.5. The van der Waals surface area contributed by atoms with E-state index in [4.69, 9.17) is 9.72 Å². The monoisotopic (exact) mass is 542 g/mol. The van der Waals surface area contributed by atoms with Crippen molar-refractivity contribution in [3.8, 4) is 16.9 Å². The Morgan fingerprint density at radius 2 is 1.77 bits per heavy atom. The Hall–Kier alpha value is -3.19. The number of anilines is 1. The van der Waals surface area contributed by atoms with E-state index < -0.39 is 0 Å². The van der Waals surface area contributed by atoms with E-state index in [2.05, 4.69) is 58.1 Å². The molecule has 0 bridgehead atoms. The highest BCUT2D eigenvalue weighted by Gasteiger charge is 2.33. The maximum atomic E-state index is 14.0. The summed E-state index contributed by atoms with van der Waals surface area (Å²) in [5.74, 6) is 1.94. The number of aliphatic hydroxyl groups excluding tert-OH is 1. The molecule has 0 spiro atoms. The van der Waals surface area contributed by atoms with Crippen LogP contribution in [0.1, 0.15) is 87.4 Å². The minimum atomic E-state index is -0.269. The summed E-state index contributed by atoms with van der Waals surface area (Å²) < 4.78 is 7.48. The number of hydrogen-bond acceptors (Lipinski definition) is 5. The summed E-state index contributed by atoms with van der Waals surface area (Å²) in [7, 11) is 1.69. The number of ether oxygens (including phenoxy) is 1. The van der Waals surface area contributed by atoms with E-state index in [1.165, 1.54) is 12.8 Å². The van der Waals surface area contributed by atoms with Crippen LogP contribution in [0.4, 0.5) is 5.69 Å². The molecule has 1 N–H and O–H groups in total. The van der Waals surface area contributed by atoms with Crippen LogP contribution in [0.2, 0.25) is 0 Å². The van der Waals surface area contributed by atoms with Gasteiger partial charge in [0, 0.05) is 41.5 Å². The summed E-state index contributed by atoms with van der Waals surface area (Å²) in [6.07, 6.45) is 15.4. The molecule has 0 aliphatic heterocycles. The van der Waals surface area contributed by atoms with Crippen LogP contribution in [-0.2, 0) is 4.79 Å². The molecule has 7 heteroatoms. The second kappa shape index (κ2) is 11.7. The smallest absolute Gasteiger partial charge is 0.230 e. The van der Waals surface area contributed by atoms with E-state index in [0.29, 0.717) is 30.7 Å². The van der Waals surface area contributed by atoms with Gasteiger partial charge in [0.25, 0.3) is 0 Å². The first-order valence-electron chi connectivity index (χ1n) is 15.1. The molecule has 3 aromatic rings. The highest BCUT2D eigenvalue weighted by Crippen LogP contribution is 2.39. The summed E-state index contributed by atoms with van der Waals surface area (Å²) >= 11 is 0. The molecule has 0 atom stereocenters. The van der Waals surface area contributed by atoms with Crippen molar-refractivity contribution in [1.82, 2.24) is 14.8 Å². The third-order valence-corrected chi connectivity index (χ3v) is 9.34. The lowest BCUT2D eigenvalue weighted by Crippen LogP contribution is -2.41. The zero-order valence-electron chi connectivity index (χ0n) is 23.8. The van der Waals surface area contributed by atoms with Crippen LogP contribution in [0.5, 0.6) is 5.75 Å². The number of benzene rings is 1. The van der Waals surface area contributed by atoms with Crippen LogP contribution in [-0.4, -0.2) is 45.5 Å². The molecule has 3 aliphatic carbocycles. The highest BCUT2D eigenvalue weighted by molar-refractivity contribution is 5.95. The van der Waals surface area contributed by atoms with Gasteiger partial charge in [0.1, 0.15) is 5.75 Å². The van der Waals surface area contributed by atoms with Crippen LogP contribution in [0.15, 0.2) is 48.9 Å². The number of nitrogens with zero attached hydrogens (tertiary/aromatic N) is 4. The van der Waals surface area contributed by atoms with E-state index in [9.17, 15) is 9.90 Å². The molecule has 3 fully saturated rings. The zero-order chi connectivity index (χ0) is 27.6.